The third-order valence-corrected chi connectivity index (χ3v) is 9.35. The van der Waals surface area contributed by atoms with E-state index >= 15 is 0 Å². The van der Waals surface area contributed by atoms with Crippen molar-refractivity contribution in [1.82, 2.24) is 15.0 Å². The van der Waals surface area contributed by atoms with Crippen molar-refractivity contribution in [3.8, 4) is 56.4 Å². The minimum atomic E-state index is 0.573. The van der Waals surface area contributed by atoms with Gasteiger partial charge >= 0.3 is 0 Å². The summed E-state index contributed by atoms with van der Waals surface area (Å²) < 4.78 is 12.6. The highest BCUT2D eigenvalue weighted by Crippen LogP contribution is 2.40. The van der Waals surface area contributed by atoms with E-state index in [1.807, 2.05) is 72.8 Å². The first kappa shape index (κ1) is 28.2. The number of benzene rings is 7. The molecule has 0 fully saturated rings. The molecule has 5 heteroatoms. The fourth-order valence-corrected chi connectivity index (χ4v) is 6.89. The molecule has 0 radical (unpaired) electrons. The van der Waals surface area contributed by atoms with E-state index in [-0.39, 0.29) is 0 Å². The molecule has 10 rings (SSSR count). The average molecular weight is 642 g/mol. The molecule has 0 saturated carbocycles. The molecular weight excluding hydrogens is 615 g/mol. The van der Waals surface area contributed by atoms with Crippen LogP contribution in [0.4, 0.5) is 0 Å². The maximum absolute atomic E-state index is 6.46. The molecule has 0 unspecified atom stereocenters. The van der Waals surface area contributed by atoms with Gasteiger partial charge in [-0.2, -0.15) is 0 Å². The molecule has 5 nitrogen and oxygen atoms in total. The largest absolute Gasteiger partial charge is 0.456 e. The molecule has 0 spiro atoms. The Morgan fingerprint density at radius 2 is 0.800 bits per heavy atom. The van der Waals surface area contributed by atoms with Crippen molar-refractivity contribution < 1.29 is 8.83 Å². The lowest BCUT2D eigenvalue weighted by atomic mass is 9.98. The third kappa shape index (κ3) is 4.75. The van der Waals surface area contributed by atoms with Gasteiger partial charge in [-0.3, -0.25) is 0 Å². The number of rotatable bonds is 5. The van der Waals surface area contributed by atoms with Gasteiger partial charge in [-0.05, 0) is 64.7 Å². The van der Waals surface area contributed by atoms with Crippen LogP contribution >= 0.6 is 0 Å². The highest BCUT2D eigenvalue weighted by molar-refractivity contribution is 6.13. The first-order valence-corrected chi connectivity index (χ1v) is 16.6. The molecule has 0 aliphatic rings. The van der Waals surface area contributed by atoms with Crippen LogP contribution in [0.3, 0.4) is 0 Å². The number of para-hydroxylation sites is 2. The number of fused-ring (bicyclic) bond motifs is 6. The highest BCUT2D eigenvalue weighted by atomic mass is 16.3. The first-order valence-electron chi connectivity index (χ1n) is 16.6. The number of furan rings is 2. The molecule has 10 aromatic rings. The van der Waals surface area contributed by atoms with Gasteiger partial charge in [-0.15, -0.1) is 0 Å². The Bertz CT molecular complexity index is 2850. The van der Waals surface area contributed by atoms with Crippen LogP contribution in [0.1, 0.15) is 0 Å². The van der Waals surface area contributed by atoms with Gasteiger partial charge in [0.2, 0.25) is 0 Å². The van der Waals surface area contributed by atoms with Crippen molar-refractivity contribution in [1.29, 1.82) is 0 Å². The standard InChI is InChI=1S/C45H27N3O2/c1-3-11-28(12-4-1)30-19-21-31(22-20-30)43-46-44(32-23-24-40-36(25-32)34-15-7-9-17-38(34)49-40)48-45(47-43)37-26-33(29-13-5-2-6-14-29)27-41-42(37)35-16-8-10-18-39(35)50-41/h1-27H. The van der Waals surface area contributed by atoms with E-state index in [1.54, 1.807) is 0 Å². The van der Waals surface area contributed by atoms with Crippen LogP contribution in [-0.4, -0.2) is 15.0 Å². The summed E-state index contributed by atoms with van der Waals surface area (Å²) >= 11 is 0. The summed E-state index contributed by atoms with van der Waals surface area (Å²) in [4.78, 5) is 15.5. The van der Waals surface area contributed by atoms with Gasteiger partial charge in [-0.1, -0.05) is 121 Å². The van der Waals surface area contributed by atoms with E-state index in [2.05, 4.69) is 91.0 Å². The zero-order valence-corrected chi connectivity index (χ0v) is 26.7. The Morgan fingerprint density at radius 3 is 1.54 bits per heavy atom. The van der Waals surface area contributed by atoms with Gasteiger partial charge in [-0.25, -0.2) is 15.0 Å². The SMILES string of the molecule is c1ccc(-c2ccc(-c3nc(-c4ccc5oc6ccccc6c5c4)nc(-c4cc(-c5ccccc5)cc5oc6ccccc6c45)n3)cc2)cc1. The number of nitrogens with zero attached hydrogens (tertiary/aromatic N) is 3. The molecule has 3 aromatic heterocycles. The van der Waals surface area contributed by atoms with Crippen LogP contribution < -0.4 is 0 Å². The summed E-state index contributed by atoms with van der Waals surface area (Å²) in [5.74, 6) is 1.74. The summed E-state index contributed by atoms with van der Waals surface area (Å²) in [6.07, 6.45) is 0. The van der Waals surface area contributed by atoms with E-state index in [1.165, 1.54) is 0 Å². The topological polar surface area (TPSA) is 65.0 Å². The minimum Gasteiger partial charge on any atom is -0.456 e. The molecule has 0 aliphatic heterocycles. The molecule has 0 aliphatic carbocycles. The molecule has 234 valence electrons. The molecular formula is C45H27N3O2. The van der Waals surface area contributed by atoms with Crippen molar-refractivity contribution in [3.63, 3.8) is 0 Å². The van der Waals surface area contributed by atoms with Crippen LogP contribution in [-0.2, 0) is 0 Å². The lowest BCUT2D eigenvalue weighted by Crippen LogP contribution is -2.01. The normalized spacial score (nSPS) is 11.6. The quantitative estimate of drug-likeness (QED) is 0.187. The number of hydrogen-bond acceptors (Lipinski definition) is 5. The zero-order valence-electron chi connectivity index (χ0n) is 26.7. The Morgan fingerprint density at radius 1 is 0.300 bits per heavy atom. The van der Waals surface area contributed by atoms with Gasteiger partial charge in [0.05, 0.1) is 0 Å². The van der Waals surface area contributed by atoms with Crippen molar-refractivity contribution in [3.05, 3.63) is 164 Å². The molecule has 0 amide bonds. The van der Waals surface area contributed by atoms with Crippen LogP contribution in [0.25, 0.3) is 100 Å². The summed E-state index contributed by atoms with van der Waals surface area (Å²) in [5.41, 5.74) is 10.3. The van der Waals surface area contributed by atoms with Crippen molar-refractivity contribution in [2.45, 2.75) is 0 Å². The Kier molecular flexibility index (Phi) is 6.42. The van der Waals surface area contributed by atoms with E-state index < -0.39 is 0 Å². The van der Waals surface area contributed by atoms with E-state index in [4.69, 9.17) is 23.8 Å². The second-order valence-electron chi connectivity index (χ2n) is 12.4. The lowest BCUT2D eigenvalue weighted by molar-refractivity contribution is 0.668. The highest BCUT2D eigenvalue weighted by Gasteiger charge is 2.20. The van der Waals surface area contributed by atoms with Crippen LogP contribution in [0.15, 0.2) is 173 Å². The number of aromatic nitrogens is 3. The van der Waals surface area contributed by atoms with Gasteiger partial charge in [0.1, 0.15) is 22.3 Å². The Balaban J connectivity index is 1.22. The summed E-state index contributed by atoms with van der Waals surface area (Å²) in [6, 6.07) is 55.8. The second-order valence-corrected chi connectivity index (χ2v) is 12.4. The van der Waals surface area contributed by atoms with Gasteiger partial charge < -0.3 is 8.83 Å². The Hall–Kier alpha value is -6.85. The molecule has 7 aromatic carbocycles. The molecule has 0 atom stereocenters. The van der Waals surface area contributed by atoms with Crippen molar-refractivity contribution >= 4 is 43.9 Å². The maximum Gasteiger partial charge on any atom is 0.164 e. The van der Waals surface area contributed by atoms with E-state index in [9.17, 15) is 0 Å². The zero-order chi connectivity index (χ0) is 33.0. The predicted octanol–water partition coefficient (Wildman–Crippen LogP) is 12.0. The van der Waals surface area contributed by atoms with Crippen LogP contribution in [0.2, 0.25) is 0 Å². The second kappa shape index (κ2) is 11.4. The fraction of sp³-hybridized carbons (Fsp3) is 0. The van der Waals surface area contributed by atoms with E-state index in [0.29, 0.717) is 17.5 Å². The average Bonchev–Trinajstić information content (AvgIpc) is 3.76. The molecule has 0 N–H and O–H groups in total. The third-order valence-electron chi connectivity index (χ3n) is 9.35. The first-order chi connectivity index (χ1) is 24.7. The molecule has 0 bridgehead atoms. The molecule has 50 heavy (non-hydrogen) atoms. The molecule has 0 saturated heterocycles. The predicted molar refractivity (Wildman–Crippen MR) is 202 cm³/mol. The summed E-state index contributed by atoms with van der Waals surface area (Å²) in [6.45, 7) is 0. The van der Waals surface area contributed by atoms with Crippen LogP contribution in [0, 0.1) is 0 Å². The van der Waals surface area contributed by atoms with E-state index in [0.717, 1.165) is 82.8 Å². The monoisotopic (exact) mass is 641 g/mol. The molecule has 3 heterocycles. The number of hydrogen-bond donors (Lipinski definition) is 0. The minimum absolute atomic E-state index is 0.573. The lowest BCUT2D eigenvalue weighted by Gasteiger charge is -2.11. The fourth-order valence-electron chi connectivity index (χ4n) is 6.89. The summed E-state index contributed by atoms with van der Waals surface area (Å²) in [5, 5.41) is 4.05. The Labute approximate surface area is 287 Å². The maximum atomic E-state index is 6.46. The van der Waals surface area contributed by atoms with Crippen LogP contribution in [0.5, 0.6) is 0 Å². The van der Waals surface area contributed by atoms with Gasteiger partial charge in [0, 0.05) is 38.2 Å². The van der Waals surface area contributed by atoms with Gasteiger partial charge in [0.15, 0.2) is 17.5 Å². The van der Waals surface area contributed by atoms with Crippen molar-refractivity contribution in [2.24, 2.45) is 0 Å². The summed E-state index contributed by atoms with van der Waals surface area (Å²) in [7, 11) is 0. The smallest absolute Gasteiger partial charge is 0.164 e. The van der Waals surface area contributed by atoms with Crippen molar-refractivity contribution in [2.75, 3.05) is 0 Å². The van der Waals surface area contributed by atoms with Gasteiger partial charge in [0.25, 0.3) is 0 Å².